The number of hydrogen-bond acceptors (Lipinski definition) is 3. The molecule has 1 aliphatic carbocycles. The van der Waals surface area contributed by atoms with E-state index < -0.39 is 26.7 Å². The molecule has 0 aliphatic heterocycles. The molecule has 1 saturated carbocycles. The van der Waals surface area contributed by atoms with Crippen LogP contribution < -0.4 is 5.32 Å². The van der Waals surface area contributed by atoms with Crippen molar-refractivity contribution in [1.82, 2.24) is 9.62 Å². The maximum Gasteiger partial charge on any atom is 0.416 e. The molecule has 0 atom stereocenters. The van der Waals surface area contributed by atoms with Crippen molar-refractivity contribution in [3.05, 3.63) is 64.2 Å². The van der Waals surface area contributed by atoms with Gasteiger partial charge in [-0.05, 0) is 48.7 Å². The normalized spacial score (nSPS) is 14.8. The molecule has 2 aromatic rings. The van der Waals surface area contributed by atoms with Gasteiger partial charge in [-0.1, -0.05) is 23.7 Å². The predicted molar refractivity (Wildman–Crippen MR) is 102 cm³/mol. The molecule has 0 aromatic heterocycles. The number of benzene rings is 2. The Morgan fingerprint density at radius 1 is 1.17 bits per heavy atom. The third kappa shape index (κ3) is 5.09. The average Bonchev–Trinajstić information content (AvgIpc) is 3.45. The van der Waals surface area contributed by atoms with E-state index in [1.165, 1.54) is 7.05 Å². The Morgan fingerprint density at radius 3 is 2.34 bits per heavy atom. The smallest absolute Gasteiger partial charge is 0.349 e. The van der Waals surface area contributed by atoms with Gasteiger partial charge >= 0.3 is 6.18 Å². The fourth-order valence-corrected chi connectivity index (χ4v) is 4.30. The third-order valence-electron chi connectivity index (χ3n) is 4.48. The number of alkyl halides is 3. The van der Waals surface area contributed by atoms with Crippen LogP contribution in [0.3, 0.4) is 0 Å². The van der Waals surface area contributed by atoms with Gasteiger partial charge < -0.3 is 5.32 Å². The molecule has 1 amide bonds. The third-order valence-corrected chi connectivity index (χ3v) is 6.77. The van der Waals surface area contributed by atoms with Gasteiger partial charge in [-0.2, -0.15) is 17.5 Å². The predicted octanol–water partition coefficient (Wildman–Crippen LogP) is 4.07. The van der Waals surface area contributed by atoms with Crippen molar-refractivity contribution in [3.63, 3.8) is 0 Å². The van der Waals surface area contributed by atoms with Crippen molar-refractivity contribution in [2.75, 3.05) is 7.05 Å². The van der Waals surface area contributed by atoms with Crippen LogP contribution in [-0.2, 0) is 22.7 Å². The molecule has 0 unspecified atom stereocenters. The molecule has 3 rings (SSSR count). The SMILES string of the molecule is CN(Cc1ccc(C(=O)NC2CC2)cc1)S(=O)(=O)c1cc(C(F)(F)F)ccc1Cl. The second kappa shape index (κ2) is 7.97. The minimum absolute atomic E-state index is 0.0978. The van der Waals surface area contributed by atoms with Crippen molar-refractivity contribution in [1.29, 1.82) is 0 Å². The molecule has 156 valence electrons. The van der Waals surface area contributed by atoms with Crippen molar-refractivity contribution in [3.8, 4) is 0 Å². The Hall–Kier alpha value is -2.10. The molecule has 2 aromatic carbocycles. The zero-order valence-corrected chi connectivity index (χ0v) is 16.9. The summed E-state index contributed by atoms with van der Waals surface area (Å²) >= 11 is 5.86. The highest BCUT2D eigenvalue weighted by Gasteiger charge is 2.33. The molecule has 5 nitrogen and oxygen atoms in total. The summed E-state index contributed by atoms with van der Waals surface area (Å²) in [5.41, 5.74) is -0.0749. The molecule has 0 spiro atoms. The van der Waals surface area contributed by atoms with Crippen LogP contribution in [0.1, 0.15) is 34.3 Å². The van der Waals surface area contributed by atoms with Gasteiger partial charge in [0.1, 0.15) is 4.90 Å². The van der Waals surface area contributed by atoms with Crippen molar-refractivity contribution in [2.24, 2.45) is 0 Å². The maximum absolute atomic E-state index is 12.9. The zero-order chi connectivity index (χ0) is 21.4. The molecule has 0 bridgehead atoms. The van der Waals surface area contributed by atoms with E-state index in [0.29, 0.717) is 17.2 Å². The van der Waals surface area contributed by atoms with Gasteiger partial charge in [-0.3, -0.25) is 4.79 Å². The number of amides is 1. The Bertz CT molecular complexity index is 1020. The molecular formula is C19H18ClF3N2O3S. The lowest BCUT2D eigenvalue weighted by Gasteiger charge is -2.19. The summed E-state index contributed by atoms with van der Waals surface area (Å²) in [6.07, 6.45) is -2.76. The van der Waals surface area contributed by atoms with E-state index in [-0.39, 0.29) is 23.5 Å². The number of carbonyl (C=O) groups is 1. The first kappa shape index (κ1) is 21.6. The van der Waals surface area contributed by atoms with Crippen LogP contribution in [0.2, 0.25) is 5.02 Å². The van der Waals surface area contributed by atoms with Gasteiger partial charge in [-0.15, -0.1) is 0 Å². The minimum atomic E-state index is -4.69. The van der Waals surface area contributed by atoms with Crippen molar-refractivity contribution in [2.45, 2.75) is 36.5 Å². The molecule has 0 saturated heterocycles. The highest BCUT2D eigenvalue weighted by atomic mass is 35.5. The molecule has 1 aliphatic rings. The molecule has 10 heteroatoms. The van der Waals surface area contributed by atoms with E-state index in [0.717, 1.165) is 29.3 Å². The fourth-order valence-electron chi connectivity index (χ4n) is 2.65. The quantitative estimate of drug-likeness (QED) is 0.727. The van der Waals surface area contributed by atoms with Crippen LogP contribution in [0.25, 0.3) is 0 Å². The maximum atomic E-state index is 12.9. The monoisotopic (exact) mass is 446 g/mol. The van der Waals surface area contributed by atoms with Gasteiger partial charge in [0, 0.05) is 25.2 Å². The first-order chi connectivity index (χ1) is 13.5. The Balaban J connectivity index is 1.77. The molecule has 1 N–H and O–H groups in total. The van der Waals surface area contributed by atoms with E-state index >= 15 is 0 Å². The van der Waals surface area contributed by atoms with E-state index in [1.807, 2.05) is 0 Å². The Kier molecular flexibility index (Phi) is 5.93. The summed E-state index contributed by atoms with van der Waals surface area (Å²) in [5, 5.41) is 2.55. The van der Waals surface area contributed by atoms with E-state index in [2.05, 4.69) is 5.32 Å². The van der Waals surface area contributed by atoms with Gasteiger partial charge in [-0.25, -0.2) is 8.42 Å². The van der Waals surface area contributed by atoms with Crippen LogP contribution in [-0.4, -0.2) is 31.7 Å². The van der Waals surface area contributed by atoms with Crippen molar-refractivity contribution < 1.29 is 26.4 Å². The lowest BCUT2D eigenvalue weighted by Crippen LogP contribution is -2.27. The van der Waals surface area contributed by atoms with Crippen molar-refractivity contribution >= 4 is 27.5 Å². The summed E-state index contributed by atoms with van der Waals surface area (Å²) in [6.45, 7) is -0.0978. The fraction of sp³-hybridized carbons (Fsp3) is 0.316. The molecule has 1 fully saturated rings. The largest absolute Gasteiger partial charge is 0.416 e. The molecule has 0 heterocycles. The number of nitrogens with one attached hydrogen (secondary N) is 1. The first-order valence-corrected chi connectivity index (χ1v) is 10.5. The van der Waals surface area contributed by atoms with E-state index in [9.17, 15) is 26.4 Å². The first-order valence-electron chi connectivity index (χ1n) is 8.71. The lowest BCUT2D eigenvalue weighted by atomic mass is 10.1. The summed E-state index contributed by atoms with van der Waals surface area (Å²) in [5.74, 6) is -0.198. The van der Waals surface area contributed by atoms with Crippen LogP contribution in [0.5, 0.6) is 0 Å². The van der Waals surface area contributed by atoms with Crippen LogP contribution in [0.15, 0.2) is 47.4 Å². The summed E-state index contributed by atoms with van der Waals surface area (Å²) < 4.78 is 65.2. The van der Waals surface area contributed by atoms with Gasteiger partial charge in [0.25, 0.3) is 5.91 Å². The summed E-state index contributed by atoms with van der Waals surface area (Å²) in [4.78, 5) is 11.4. The highest BCUT2D eigenvalue weighted by Crippen LogP contribution is 2.34. The number of hydrogen-bond donors (Lipinski definition) is 1. The zero-order valence-electron chi connectivity index (χ0n) is 15.3. The standard InChI is InChI=1S/C19H18ClF3N2O3S/c1-25(11-12-2-4-13(5-3-12)18(26)24-15-7-8-15)29(27,28)17-10-14(19(21,22)23)6-9-16(17)20/h2-6,9-10,15H,7-8,11H2,1H3,(H,24,26). The Labute approximate surface area is 171 Å². The van der Waals surface area contributed by atoms with Gasteiger partial charge in [0.2, 0.25) is 10.0 Å². The lowest BCUT2D eigenvalue weighted by molar-refractivity contribution is -0.137. The molecular weight excluding hydrogens is 429 g/mol. The second-order valence-corrected chi connectivity index (χ2v) is 9.27. The Morgan fingerprint density at radius 2 is 1.79 bits per heavy atom. The number of carbonyl (C=O) groups excluding carboxylic acids is 1. The van der Waals surface area contributed by atoms with Crippen LogP contribution in [0.4, 0.5) is 13.2 Å². The number of halogens is 4. The molecule has 29 heavy (non-hydrogen) atoms. The number of rotatable bonds is 6. The van der Waals surface area contributed by atoms with E-state index in [4.69, 9.17) is 11.6 Å². The topological polar surface area (TPSA) is 66.5 Å². The highest BCUT2D eigenvalue weighted by molar-refractivity contribution is 7.89. The average molecular weight is 447 g/mol. The number of sulfonamides is 1. The second-order valence-electron chi connectivity index (χ2n) is 6.85. The number of nitrogens with zero attached hydrogens (tertiary/aromatic N) is 1. The van der Waals surface area contributed by atoms with Gasteiger partial charge in [0.15, 0.2) is 0 Å². The molecule has 0 radical (unpaired) electrons. The summed E-state index contributed by atoms with van der Waals surface area (Å²) in [6, 6.07) is 8.74. The van der Waals surface area contributed by atoms with Gasteiger partial charge in [0.05, 0.1) is 10.6 Å². The van der Waals surface area contributed by atoms with E-state index in [1.54, 1.807) is 24.3 Å². The minimum Gasteiger partial charge on any atom is -0.349 e. The van der Waals surface area contributed by atoms with Crippen LogP contribution >= 0.6 is 11.6 Å². The van der Waals surface area contributed by atoms with Crippen LogP contribution in [0, 0.1) is 0 Å². The summed E-state index contributed by atoms with van der Waals surface area (Å²) in [7, 11) is -3.01.